The van der Waals surface area contributed by atoms with E-state index in [2.05, 4.69) is 44.5 Å². The zero-order chi connectivity index (χ0) is 16.8. The van der Waals surface area contributed by atoms with Crippen molar-refractivity contribution in [2.24, 2.45) is 0 Å². The molecule has 0 saturated heterocycles. The van der Waals surface area contributed by atoms with Gasteiger partial charge in [0.15, 0.2) is 11.6 Å². The Kier molecular flexibility index (Phi) is 4.91. The molecule has 5 nitrogen and oxygen atoms in total. The third-order valence-electron chi connectivity index (χ3n) is 3.83. The predicted octanol–water partition coefficient (Wildman–Crippen LogP) is 3.31. The lowest BCUT2D eigenvalue weighted by molar-refractivity contribution is 0.782. The first-order chi connectivity index (χ1) is 11.8. The first kappa shape index (κ1) is 15.8. The monoisotopic (exact) mass is 319 g/mol. The highest BCUT2D eigenvalue weighted by molar-refractivity contribution is 5.74. The molecule has 3 rings (SSSR count). The SMILES string of the molecule is CNc1ncnc(N(Cc2ccccc2)Cc2ccccc2)c1N. The Labute approximate surface area is 142 Å². The van der Waals surface area contributed by atoms with Gasteiger partial charge >= 0.3 is 0 Å². The van der Waals surface area contributed by atoms with Gasteiger partial charge in [-0.2, -0.15) is 0 Å². The van der Waals surface area contributed by atoms with Gasteiger partial charge in [0.1, 0.15) is 12.0 Å². The summed E-state index contributed by atoms with van der Waals surface area (Å²) >= 11 is 0. The zero-order valence-electron chi connectivity index (χ0n) is 13.7. The van der Waals surface area contributed by atoms with Crippen molar-refractivity contribution in [1.29, 1.82) is 0 Å². The number of nitrogens with one attached hydrogen (secondary N) is 1. The van der Waals surface area contributed by atoms with Crippen LogP contribution in [0, 0.1) is 0 Å². The highest BCUT2D eigenvalue weighted by Crippen LogP contribution is 2.28. The van der Waals surface area contributed by atoms with Crippen LogP contribution in [0.15, 0.2) is 67.0 Å². The van der Waals surface area contributed by atoms with Gasteiger partial charge in [-0.05, 0) is 11.1 Å². The summed E-state index contributed by atoms with van der Waals surface area (Å²) in [7, 11) is 1.81. The van der Waals surface area contributed by atoms with Crippen LogP contribution in [0.3, 0.4) is 0 Å². The molecule has 1 heterocycles. The van der Waals surface area contributed by atoms with Crippen molar-refractivity contribution in [3.05, 3.63) is 78.1 Å². The van der Waals surface area contributed by atoms with Gasteiger partial charge in [-0.15, -0.1) is 0 Å². The predicted molar refractivity (Wildman–Crippen MR) is 98.8 cm³/mol. The highest BCUT2D eigenvalue weighted by atomic mass is 15.2. The number of nitrogen functional groups attached to an aromatic ring is 1. The highest BCUT2D eigenvalue weighted by Gasteiger charge is 2.15. The summed E-state index contributed by atoms with van der Waals surface area (Å²) in [4.78, 5) is 10.8. The molecule has 5 heteroatoms. The molecular formula is C19H21N5. The Balaban J connectivity index is 1.95. The lowest BCUT2D eigenvalue weighted by Crippen LogP contribution is -2.24. The molecule has 0 aliphatic rings. The van der Waals surface area contributed by atoms with Crippen molar-refractivity contribution in [2.45, 2.75) is 13.1 Å². The van der Waals surface area contributed by atoms with Crippen molar-refractivity contribution in [3.63, 3.8) is 0 Å². The first-order valence-corrected chi connectivity index (χ1v) is 7.89. The van der Waals surface area contributed by atoms with Crippen LogP contribution < -0.4 is 16.0 Å². The molecule has 0 fully saturated rings. The number of anilines is 3. The van der Waals surface area contributed by atoms with Crippen LogP contribution in [-0.4, -0.2) is 17.0 Å². The maximum atomic E-state index is 6.27. The number of nitrogens with zero attached hydrogens (tertiary/aromatic N) is 3. The second-order valence-corrected chi connectivity index (χ2v) is 5.54. The molecular weight excluding hydrogens is 298 g/mol. The fourth-order valence-corrected chi connectivity index (χ4v) is 2.65. The Morgan fingerprint density at radius 1 is 0.875 bits per heavy atom. The second kappa shape index (κ2) is 7.46. The lowest BCUT2D eigenvalue weighted by atomic mass is 10.1. The Morgan fingerprint density at radius 2 is 1.42 bits per heavy atom. The van der Waals surface area contributed by atoms with Gasteiger partial charge in [0.2, 0.25) is 0 Å². The van der Waals surface area contributed by atoms with Crippen molar-refractivity contribution >= 4 is 17.3 Å². The van der Waals surface area contributed by atoms with E-state index >= 15 is 0 Å². The minimum atomic E-state index is 0.562. The number of rotatable bonds is 6. The minimum Gasteiger partial charge on any atom is -0.393 e. The fraction of sp³-hybridized carbons (Fsp3) is 0.158. The lowest BCUT2D eigenvalue weighted by Gasteiger charge is -2.25. The number of benzene rings is 2. The van der Waals surface area contributed by atoms with E-state index < -0.39 is 0 Å². The van der Waals surface area contributed by atoms with E-state index in [1.165, 1.54) is 11.1 Å². The molecule has 1 aromatic heterocycles. The number of hydrogen-bond acceptors (Lipinski definition) is 5. The molecule has 0 atom stereocenters. The summed E-state index contributed by atoms with van der Waals surface area (Å²) in [6.45, 7) is 1.44. The summed E-state index contributed by atoms with van der Waals surface area (Å²) < 4.78 is 0. The third-order valence-corrected chi connectivity index (χ3v) is 3.83. The summed E-state index contributed by atoms with van der Waals surface area (Å²) in [6, 6.07) is 20.6. The standard InChI is InChI=1S/C19H21N5/c1-21-18-17(20)19(23-14-22-18)24(12-15-8-4-2-5-9-15)13-16-10-6-3-7-11-16/h2-11,14H,12-13,20H2,1H3,(H,21,22,23). The summed E-state index contributed by atoms with van der Waals surface area (Å²) in [5.41, 5.74) is 9.25. The Bertz CT molecular complexity index is 733. The molecule has 24 heavy (non-hydrogen) atoms. The third kappa shape index (κ3) is 3.63. The molecule has 3 aromatic rings. The van der Waals surface area contributed by atoms with E-state index in [-0.39, 0.29) is 0 Å². The summed E-state index contributed by atoms with van der Waals surface area (Å²) in [5.74, 6) is 1.38. The molecule has 0 radical (unpaired) electrons. The van der Waals surface area contributed by atoms with E-state index in [4.69, 9.17) is 5.73 Å². The normalized spacial score (nSPS) is 10.4. The molecule has 0 bridgehead atoms. The summed E-state index contributed by atoms with van der Waals surface area (Å²) in [6.07, 6.45) is 1.54. The number of hydrogen-bond donors (Lipinski definition) is 2. The van der Waals surface area contributed by atoms with E-state index in [1.807, 2.05) is 36.4 Å². The zero-order valence-corrected chi connectivity index (χ0v) is 13.7. The molecule has 0 amide bonds. The van der Waals surface area contributed by atoms with E-state index in [1.54, 1.807) is 13.4 Å². The van der Waals surface area contributed by atoms with Crippen LogP contribution in [0.25, 0.3) is 0 Å². The van der Waals surface area contributed by atoms with Crippen LogP contribution in [0.4, 0.5) is 17.3 Å². The molecule has 0 spiro atoms. The number of nitrogens with two attached hydrogens (primary N) is 1. The quantitative estimate of drug-likeness (QED) is 0.729. The van der Waals surface area contributed by atoms with Gasteiger partial charge in [0.25, 0.3) is 0 Å². The average molecular weight is 319 g/mol. The van der Waals surface area contributed by atoms with Gasteiger partial charge < -0.3 is 16.0 Å². The van der Waals surface area contributed by atoms with E-state index in [9.17, 15) is 0 Å². The largest absolute Gasteiger partial charge is 0.393 e. The average Bonchev–Trinajstić information content (AvgIpc) is 2.63. The molecule has 0 aliphatic carbocycles. The van der Waals surface area contributed by atoms with Crippen LogP contribution in [0.1, 0.15) is 11.1 Å². The van der Waals surface area contributed by atoms with Gasteiger partial charge in [-0.3, -0.25) is 0 Å². The van der Waals surface area contributed by atoms with Crippen LogP contribution in [0.5, 0.6) is 0 Å². The molecule has 3 N–H and O–H groups in total. The minimum absolute atomic E-state index is 0.562. The van der Waals surface area contributed by atoms with Gasteiger partial charge in [0.05, 0.1) is 0 Å². The van der Waals surface area contributed by atoms with Crippen LogP contribution >= 0.6 is 0 Å². The fourth-order valence-electron chi connectivity index (χ4n) is 2.65. The van der Waals surface area contributed by atoms with Gasteiger partial charge in [-0.1, -0.05) is 60.7 Å². The van der Waals surface area contributed by atoms with Crippen molar-refractivity contribution in [1.82, 2.24) is 9.97 Å². The van der Waals surface area contributed by atoms with Gasteiger partial charge in [0, 0.05) is 20.1 Å². The van der Waals surface area contributed by atoms with Crippen LogP contribution in [-0.2, 0) is 13.1 Å². The topological polar surface area (TPSA) is 67.1 Å². The molecule has 0 unspecified atom stereocenters. The maximum Gasteiger partial charge on any atom is 0.158 e. The second-order valence-electron chi connectivity index (χ2n) is 5.54. The van der Waals surface area contributed by atoms with Crippen molar-refractivity contribution in [3.8, 4) is 0 Å². The smallest absolute Gasteiger partial charge is 0.158 e. The number of aromatic nitrogens is 2. The first-order valence-electron chi connectivity index (χ1n) is 7.89. The van der Waals surface area contributed by atoms with Gasteiger partial charge in [-0.25, -0.2) is 9.97 Å². The maximum absolute atomic E-state index is 6.27. The molecule has 2 aromatic carbocycles. The molecule has 0 saturated carbocycles. The van der Waals surface area contributed by atoms with Crippen molar-refractivity contribution < 1.29 is 0 Å². The van der Waals surface area contributed by atoms with E-state index in [0.717, 1.165) is 18.9 Å². The molecule has 0 aliphatic heterocycles. The molecule has 122 valence electrons. The summed E-state index contributed by atoms with van der Waals surface area (Å²) in [5, 5.41) is 3.02. The van der Waals surface area contributed by atoms with Crippen LogP contribution in [0.2, 0.25) is 0 Å². The Morgan fingerprint density at radius 3 is 1.92 bits per heavy atom. The van der Waals surface area contributed by atoms with Crippen molar-refractivity contribution in [2.75, 3.05) is 23.0 Å². The van der Waals surface area contributed by atoms with E-state index in [0.29, 0.717) is 11.5 Å². The Hall–Kier alpha value is -3.08.